The number of rotatable bonds is 4. The summed E-state index contributed by atoms with van der Waals surface area (Å²) in [4.78, 5) is 0. The second-order valence-electron chi connectivity index (χ2n) is 4.01. The minimum absolute atomic E-state index is 0.0885. The van der Waals surface area contributed by atoms with E-state index in [-0.39, 0.29) is 13.2 Å². The maximum absolute atomic E-state index is 9.57. The Morgan fingerprint density at radius 1 is 0.611 bits per heavy atom. The summed E-state index contributed by atoms with van der Waals surface area (Å²) in [5.41, 5.74) is 3.41. The van der Waals surface area contributed by atoms with Gasteiger partial charge in [-0.2, -0.15) is 0 Å². The van der Waals surface area contributed by atoms with Gasteiger partial charge in [-0.3, -0.25) is 0 Å². The van der Waals surface area contributed by atoms with Crippen LogP contribution in [-0.2, 0) is 0 Å². The van der Waals surface area contributed by atoms with E-state index in [0.29, 0.717) is 0 Å². The van der Waals surface area contributed by atoms with Gasteiger partial charge in [-0.15, -0.1) is 0 Å². The van der Waals surface area contributed by atoms with Crippen LogP contribution in [0.25, 0.3) is 11.1 Å². The van der Waals surface area contributed by atoms with Gasteiger partial charge in [0.25, 0.3) is 0 Å². The lowest BCUT2D eigenvalue weighted by Gasteiger charge is -2.12. The minimum atomic E-state index is -0.0885. The molecule has 0 fully saturated rings. The molecule has 0 aromatic heterocycles. The van der Waals surface area contributed by atoms with E-state index >= 15 is 0 Å². The van der Waals surface area contributed by atoms with E-state index in [1.807, 2.05) is 60.7 Å². The van der Waals surface area contributed by atoms with E-state index < -0.39 is 0 Å². The van der Waals surface area contributed by atoms with Crippen molar-refractivity contribution in [1.29, 1.82) is 0 Å². The molecule has 0 amide bonds. The van der Waals surface area contributed by atoms with E-state index in [1.165, 1.54) is 0 Å². The summed E-state index contributed by atoms with van der Waals surface area (Å²) in [6, 6.07) is 19.3. The number of hydrogen-bond acceptors (Lipinski definition) is 2. The van der Waals surface area contributed by atoms with Gasteiger partial charge in [0.15, 0.2) is 0 Å². The predicted molar refractivity (Wildman–Crippen MR) is 73.9 cm³/mol. The Kier molecular flexibility index (Phi) is 4.29. The molecule has 0 aliphatic heterocycles. The first-order valence-corrected chi connectivity index (χ1v) is 5.91. The molecule has 0 bridgehead atoms. The molecule has 0 unspecified atom stereocenters. The molecule has 0 saturated carbocycles. The van der Waals surface area contributed by atoms with Crippen LogP contribution < -0.4 is 0 Å². The maximum Gasteiger partial charge on any atom is 0.0691 e. The normalized spacial score (nSPS) is 12.1. The fourth-order valence-electron chi connectivity index (χ4n) is 2.00. The van der Waals surface area contributed by atoms with Crippen LogP contribution in [0.2, 0.25) is 0 Å². The molecule has 0 radical (unpaired) electrons. The van der Waals surface area contributed by atoms with Crippen LogP contribution in [0.15, 0.2) is 60.7 Å². The third-order valence-corrected chi connectivity index (χ3v) is 2.93. The zero-order valence-corrected chi connectivity index (χ0v) is 10.1. The van der Waals surface area contributed by atoms with Crippen LogP contribution in [0.5, 0.6) is 0 Å². The zero-order valence-electron chi connectivity index (χ0n) is 10.1. The topological polar surface area (TPSA) is 40.5 Å². The fourth-order valence-corrected chi connectivity index (χ4v) is 2.00. The number of hydrogen-bond donors (Lipinski definition) is 2. The molecular weight excluding hydrogens is 224 g/mol. The number of aliphatic hydroxyl groups is 2. The monoisotopic (exact) mass is 240 g/mol. The largest absolute Gasteiger partial charge is 0.392 e. The van der Waals surface area contributed by atoms with Crippen molar-refractivity contribution in [2.75, 3.05) is 13.2 Å². The quantitative estimate of drug-likeness (QED) is 0.806. The molecule has 2 aromatic carbocycles. The molecule has 2 N–H and O–H groups in total. The Hall–Kier alpha value is -1.90. The molecule has 2 aromatic rings. The summed E-state index contributed by atoms with van der Waals surface area (Å²) >= 11 is 0. The van der Waals surface area contributed by atoms with Gasteiger partial charge in [0.2, 0.25) is 0 Å². The van der Waals surface area contributed by atoms with Gasteiger partial charge in [-0.25, -0.2) is 0 Å². The summed E-state index contributed by atoms with van der Waals surface area (Å²) in [5.74, 6) is 0. The molecule has 2 rings (SSSR count). The first-order chi connectivity index (χ1) is 8.86. The Balaban J connectivity index is 2.53. The van der Waals surface area contributed by atoms with Crippen molar-refractivity contribution < 1.29 is 10.2 Å². The molecule has 0 heterocycles. The van der Waals surface area contributed by atoms with Gasteiger partial charge >= 0.3 is 0 Å². The summed E-state index contributed by atoms with van der Waals surface area (Å²) < 4.78 is 0. The molecule has 0 saturated heterocycles. The molecule has 18 heavy (non-hydrogen) atoms. The number of benzene rings is 2. The van der Waals surface area contributed by atoms with Crippen LogP contribution in [-0.4, -0.2) is 23.4 Å². The first kappa shape index (κ1) is 12.6. The summed E-state index contributed by atoms with van der Waals surface area (Å²) in [6.45, 7) is -0.177. The van der Waals surface area contributed by atoms with Crippen molar-refractivity contribution in [3.05, 3.63) is 71.8 Å². The van der Waals surface area contributed by atoms with Gasteiger partial charge in [0.05, 0.1) is 13.2 Å². The average molecular weight is 240 g/mol. The van der Waals surface area contributed by atoms with E-state index in [2.05, 4.69) is 0 Å². The van der Waals surface area contributed by atoms with Crippen LogP contribution in [0.4, 0.5) is 0 Å². The third kappa shape index (κ3) is 2.67. The molecule has 2 nitrogen and oxygen atoms in total. The predicted octanol–water partition coefficient (Wildman–Crippen LogP) is 2.58. The summed E-state index contributed by atoms with van der Waals surface area (Å²) in [6.07, 6.45) is 0. The van der Waals surface area contributed by atoms with Gasteiger partial charge < -0.3 is 10.2 Å². The van der Waals surface area contributed by atoms with Crippen molar-refractivity contribution >= 4 is 11.1 Å². The fraction of sp³-hybridized carbons (Fsp3) is 0.125. The summed E-state index contributed by atoms with van der Waals surface area (Å²) in [7, 11) is 0. The van der Waals surface area contributed by atoms with E-state index in [4.69, 9.17) is 0 Å². The lowest BCUT2D eigenvalue weighted by atomic mass is 9.95. The van der Waals surface area contributed by atoms with Crippen LogP contribution in [0.3, 0.4) is 0 Å². The van der Waals surface area contributed by atoms with Crippen molar-refractivity contribution in [3.63, 3.8) is 0 Å². The molecule has 92 valence electrons. The highest BCUT2D eigenvalue weighted by Gasteiger charge is 2.09. The maximum atomic E-state index is 9.57. The third-order valence-electron chi connectivity index (χ3n) is 2.93. The Morgan fingerprint density at radius 3 is 1.22 bits per heavy atom. The molecule has 2 heteroatoms. The van der Waals surface area contributed by atoms with Crippen molar-refractivity contribution in [1.82, 2.24) is 0 Å². The Bertz CT molecular complexity index is 466. The highest BCUT2D eigenvalue weighted by Crippen LogP contribution is 2.25. The molecular formula is C16H16O2. The number of aliphatic hydroxyl groups excluding tert-OH is 2. The minimum Gasteiger partial charge on any atom is -0.392 e. The van der Waals surface area contributed by atoms with Gasteiger partial charge in [-0.1, -0.05) is 60.7 Å². The van der Waals surface area contributed by atoms with Crippen molar-refractivity contribution in [2.45, 2.75) is 0 Å². The lowest BCUT2D eigenvalue weighted by Crippen LogP contribution is -2.00. The van der Waals surface area contributed by atoms with Crippen molar-refractivity contribution in [2.24, 2.45) is 0 Å². The van der Waals surface area contributed by atoms with Crippen LogP contribution in [0.1, 0.15) is 11.1 Å². The Labute approximate surface area is 107 Å². The van der Waals surface area contributed by atoms with Gasteiger partial charge in [-0.05, 0) is 22.3 Å². The van der Waals surface area contributed by atoms with Gasteiger partial charge in [0.1, 0.15) is 0 Å². The second kappa shape index (κ2) is 6.15. The van der Waals surface area contributed by atoms with Crippen molar-refractivity contribution in [3.8, 4) is 0 Å². The van der Waals surface area contributed by atoms with Crippen LogP contribution in [0, 0.1) is 0 Å². The average Bonchev–Trinajstić information content (AvgIpc) is 2.46. The van der Waals surface area contributed by atoms with E-state index in [1.54, 1.807) is 0 Å². The molecule has 0 atom stereocenters. The van der Waals surface area contributed by atoms with Crippen LogP contribution >= 0.6 is 0 Å². The smallest absolute Gasteiger partial charge is 0.0691 e. The Morgan fingerprint density at radius 2 is 0.944 bits per heavy atom. The first-order valence-electron chi connectivity index (χ1n) is 5.91. The van der Waals surface area contributed by atoms with E-state index in [0.717, 1.165) is 22.3 Å². The highest BCUT2D eigenvalue weighted by molar-refractivity contribution is 5.91. The lowest BCUT2D eigenvalue weighted by molar-refractivity contribution is 0.340. The molecule has 0 aliphatic rings. The SMILES string of the molecule is OCC(=C(CO)c1ccccc1)c1ccccc1. The van der Waals surface area contributed by atoms with E-state index in [9.17, 15) is 10.2 Å². The molecule has 0 aliphatic carbocycles. The summed E-state index contributed by atoms with van der Waals surface area (Å²) in [5, 5.41) is 19.1. The molecule has 0 spiro atoms. The second-order valence-corrected chi connectivity index (χ2v) is 4.01. The standard InChI is InChI=1S/C16H16O2/c17-11-15(13-7-3-1-4-8-13)16(12-18)14-9-5-2-6-10-14/h1-10,17-18H,11-12H2. The zero-order chi connectivity index (χ0) is 12.8. The highest BCUT2D eigenvalue weighted by atomic mass is 16.3. The van der Waals surface area contributed by atoms with Gasteiger partial charge in [0, 0.05) is 0 Å².